The molecule has 1 fully saturated rings. The number of ether oxygens (including phenoxy) is 1. The number of halogens is 1. The summed E-state index contributed by atoms with van der Waals surface area (Å²) < 4.78 is 5.55. The lowest BCUT2D eigenvalue weighted by Gasteiger charge is -2.33. The average molecular weight is 299 g/mol. The Morgan fingerprint density at radius 1 is 1.40 bits per heavy atom. The third kappa shape index (κ3) is 4.20. The number of nitrogens with one attached hydrogen (secondary N) is 1. The highest BCUT2D eigenvalue weighted by molar-refractivity contribution is 5.85. The minimum atomic E-state index is -0.225. The van der Waals surface area contributed by atoms with Crippen molar-refractivity contribution in [1.29, 1.82) is 0 Å². The normalized spacial score (nSPS) is 21.9. The number of benzene rings is 1. The van der Waals surface area contributed by atoms with Crippen LogP contribution < -0.4 is 5.32 Å². The second-order valence-electron chi connectivity index (χ2n) is 4.85. The SMILES string of the molecule is CCN(Cc1ccccc1)C(=O)[C@H]1NCCO[C@@H]1C.Cl. The monoisotopic (exact) mass is 298 g/mol. The number of likely N-dealkylation sites (N-methyl/N-ethyl adjacent to an activating group) is 1. The molecule has 1 saturated heterocycles. The van der Waals surface area contributed by atoms with Gasteiger partial charge in [0.1, 0.15) is 6.04 Å². The van der Waals surface area contributed by atoms with Gasteiger partial charge in [0, 0.05) is 19.6 Å². The van der Waals surface area contributed by atoms with Crippen LogP contribution in [0.3, 0.4) is 0 Å². The maximum Gasteiger partial charge on any atom is 0.242 e. The lowest BCUT2D eigenvalue weighted by Crippen LogP contribution is -2.56. The zero-order valence-corrected chi connectivity index (χ0v) is 12.9. The standard InChI is InChI=1S/C15H22N2O2.ClH/c1-3-17(11-13-7-5-4-6-8-13)15(18)14-12(2)19-10-9-16-14;/h4-8,12,14,16H,3,9-11H2,1-2H3;1H/t12-,14+;/m1./s1. The molecule has 0 aliphatic carbocycles. The van der Waals surface area contributed by atoms with Gasteiger partial charge in [-0.15, -0.1) is 12.4 Å². The first-order valence-corrected chi connectivity index (χ1v) is 6.90. The largest absolute Gasteiger partial charge is 0.375 e. The zero-order chi connectivity index (χ0) is 13.7. The average Bonchev–Trinajstić information content (AvgIpc) is 2.46. The van der Waals surface area contributed by atoms with E-state index >= 15 is 0 Å². The van der Waals surface area contributed by atoms with Crippen molar-refractivity contribution in [2.75, 3.05) is 19.7 Å². The highest BCUT2D eigenvalue weighted by atomic mass is 35.5. The van der Waals surface area contributed by atoms with Gasteiger partial charge in [0.15, 0.2) is 0 Å². The Morgan fingerprint density at radius 2 is 2.10 bits per heavy atom. The molecule has 1 aromatic rings. The molecule has 0 spiro atoms. The Bertz CT molecular complexity index is 414. The molecule has 1 aromatic carbocycles. The van der Waals surface area contributed by atoms with E-state index in [0.29, 0.717) is 19.7 Å². The molecule has 0 radical (unpaired) electrons. The van der Waals surface area contributed by atoms with Gasteiger partial charge in [-0.25, -0.2) is 0 Å². The van der Waals surface area contributed by atoms with Gasteiger partial charge in [-0.05, 0) is 19.4 Å². The number of amides is 1. The van der Waals surface area contributed by atoms with E-state index in [2.05, 4.69) is 5.32 Å². The molecule has 4 nitrogen and oxygen atoms in total. The van der Waals surface area contributed by atoms with Crippen LogP contribution >= 0.6 is 12.4 Å². The molecule has 2 atom stereocenters. The molecule has 1 amide bonds. The van der Waals surface area contributed by atoms with E-state index in [1.807, 2.05) is 49.1 Å². The van der Waals surface area contributed by atoms with Crippen LogP contribution in [0.25, 0.3) is 0 Å². The summed E-state index contributed by atoms with van der Waals surface area (Å²) in [6.07, 6.45) is -0.0638. The molecule has 2 rings (SSSR count). The first-order valence-electron chi connectivity index (χ1n) is 6.90. The highest BCUT2D eigenvalue weighted by Gasteiger charge is 2.31. The van der Waals surface area contributed by atoms with Gasteiger partial charge in [0.25, 0.3) is 0 Å². The molecule has 1 aliphatic heterocycles. The van der Waals surface area contributed by atoms with Crippen LogP contribution in [0.15, 0.2) is 30.3 Å². The third-order valence-electron chi connectivity index (χ3n) is 3.49. The molecule has 5 heteroatoms. The van der Waals surface area contributed by atoms with Gasteiger partial charge in [0.2, 0.25) is 5.91 Å². The van der Waals surface area contributed by atoms with Crippen molar-refractivity contribution < 1.29 is 9.53 Å². The summed E-state index contributed by atoms with van der Waals surface area (Å²) in [5.41, 5.74) is 1.15. The van der Waals surface area contributed by atoms with Gasteiger partial charge in [-0.1, -0.05) is 30.3 Å². The molecule has 0 bridgehead atoms. The van der Waals surface area contributed by atoms with Crippen LogP contribution in [-0.2, 0) is 16.1 Å². The smallest absolute Gasteiger partial charge is 0.242 e. The van der Waals surface area contributed by atoms with Crippen LogP contribution in [-0.4, -0.2) is 42.6 Å². The van der Waals surface area contributed by atoms with Crippen LogP contribution in [0.5, 0.6) is 0 Å². The molecule has 20 heavy (non-hydrogen) atoms. The fourth-order valence-electron chi connectivity index (χ4n) is 2.36. The molecular weight excluding hydrogens is 276 g/mol. The van der Waals surface area contributed by atoms with Gasteiger partial charge in [-0.2, -0.15) is 0 Å². The number of nitrogens with zero attached hydrogens (tertiary/aromatic N) is 1. The van der Waals surface area contributed by atoms with Crippen LogP contribution in [0.2, 0.25) is 0 Å². The van der Waals surface area contributed by atoms with Gasteiger partial charge >= 0.3 is 0 Å². The van der Waals surface area contributed by atoms with E-state index < -0.39 is 0 Å². The third-order valence-corrected chi connectivity index (χ3v) is 3.49. The summed E-state index contributed by atoms with van der Waals surface area (Å²) in [5, 5.41) is 3.25. The molecule has 1 N–H and O–H groups in total. The lowest BCUT2D eigenvalue weighted by molar-refractivity contribution is -0.139. The number of rotatable bonds is 4. The number of hydrogen-bond donors (Lipinski definition) is 1. The Balaban J connectivity index is 0.00000200. The van der Waals surface area contributed by atoms with Crippen LogP contribution in [0.1, 0.15) is 19.4 Å². The highest BCUT2D eigenvalue weighted by Crippen LogP contribution is 2.11. The molecule has 0 saturated carbocycles. The Hall–Kier alpha value is -1.10. The molecule has 112 valence electrons. The van der Waals surface area contributed by atoms with Crippen molar-refractivity contribution in [3.8, 4) is 0 Å². The fraction of sp³-hybridized carbons (Fsp3) is 0.533. The van der Waals surface area contributed by atoms with E-state index in [1.54, 1.807) is 0 Å². The van der Waals surface area contributed by atoms with E-state index in [1.165, 1.54) is 0 Å². The van der Waals surface area contributed by atoms with Crippen molar-refractivity contribution in [3.63, 3.8) is 0 Å². The minimum absolute atomic E-state index is 0. The number of hydrogen-bond acceptors (Lipinski definition) is 3. The summed E-state index contributed by atoms with van der Waals surface area (Å²) >= 11 is 0. The van der Waals surface area contributed by atoms with Crippen LogP contribution in [0.4, 0.5) is 0 Å². The van der Waals surface area contributed by atoms with Crippen LogP contribution in [0, 0.1) is 0 Å². The maximum atomic E-state index is 12.5. The Morgan fingerprint density at radius 3 is 2.70 bits per heavy atom. The zero-order valence-electron chi connectivity index (χ0n) is 12.0. The van der Waals surface area contributed by atoms with E-state index in [4.69, 9.17) is 4.74 Å². The Labute approximate surface area is 126 Å². The van der Waals surface area contributed by atoms with Crippen molar-refractivity contribution in [2.24, 2.45) is 0 Å². The van der Waals surface area contributed by atoms with Gasteiger partial charge in [0.05, 0.1) is 12.7 Å². The Kier molecular flexibility index (Phi) is 6.99. The summed E-state index contributed by atoms with van der Waals surface area (Å²) in [5.74, 6) is 0.124. The second kappa shape index (κ2) is 8.25. The molecule has 1 aliphatic rings. The van der Waals surface area contributed by atoms with Gasteiger partial charge < -0.3 is 15.0 Å². The lowest BCUT2D eigenvalue weighted by atomic mass is 10.1. The second-order valence-corrected chi connectivity index (χ2v) is 4.85. The van der Waals surface area contributed by atoms with E-state index in [0.717, 1.165) is 12.1 Å². The predicted molar refractivity (Wildman–Crippen MR) is 82.0 cm³/mol. The quantitative estimate of drug-likeness (QED) is 0.922. The summed E-state index contributed by atoms with van der Waals surface area (Å²) in [7, 11) is 0. The number of morpholine rings is 1. The minimum Gasteiger partial charge on any atom is -0.375 e. The van der Waals surface area contributed by atoms with Gasteiger partial charge in [-0.3, -0.25) is 4.79 Å². The first kappa shape index (κ1) is 17.0. The topological polar surface area (TPSA) is 41.6 Å². The van der Waals surface area contributed by atoms with E-state index in [9.17, 15) is 4.79 Å². The maximum absolute atomic E-state index is 12.5. The van der Waals surface area contributed by atoms with Crippen molar-refractivity contribution in [1.82, 2.24) is 10.2 Å². The summed E-state index contributed by atoms with van der Waals surface area (Å²) in [6.45, 7) is 6.74. The van der Waals surface area contributed by atoms with E-state index in [-0.39, 0.29) is 30.5 Å². The predicted octanol–water partition coefficient (Wildman–Crippen LogP) is 1.83. The number of carbonyl (C=O) groups is 1. The molecular formula is C15H23ClN2O2. The van der Waals surface area contributed by atoms with Crippen molar-refractivity contribution in [2.45, 2.75) is 32.5 Å². The molecule has 1 heterocycles. The fourth-order valence-corrected chi connectivity index (χ4v) is 2.36. The number of carbonyl (C=O) groups excluding carboxylic acids is 1. The summed E-state index contributed by atoms with van der Waals surface area (Å²) in [6, 6.07) is 9.85. The van der Waals surface area contributed by atoms with Crippen molar-refractivity contribution in [3.05, 3.63) is 35.9 Å². The molecule has 0 unspecified atom stereocenters. The first-order chi connectivity index (χ1) is 9.22. The van der Waals surface area contributed by atoms with Crippen molar-refractivity contribution >= 4 is 18.3 Å². The molecule has 0 aromatic heterocycles. The summed E-state index contributed by atoms with van der Waals surface area (Å²) in [4.78, 5) is 14.4.